The molecule has 4 heteroatoms. The number of ether oxygens (including phenoxy) is 2. The van der Waals surface area contributed by atoms with Gasteiger partial charge in [0.05, 0.1) is 12.8 Å². The van der Waals surface area contributed by atoms with Gasteiger partial charge in [0.2, 0.25) is 0 Å². The van der Waals surface area contributed by atoms with E-state index in [4.69, 9.17) is 9.47 Å². The molecule has 0 aliphatic carbocycles. The number of aromatic nitrogens is 1. The molecule has 1 heterocycles. The lowest BCUT2D eigenvalue weighted by Gasteiger charge is -2.08. The van der Waals surface area contributed by atoms with E-state index in [-0.39, 0.29) is 0 Å². The van der Waals surface area contributed by atoms with E-state index in [0.29, 0.717) is 0 Å². The van der Waals surface area contributed by atoms with E-state index in [9.17, 15) is 0 Å². The zero-order valence-electron chi connectivity index (χ0n) is 14.7. The van der Waals surface area contributed by atoms with Gasteiger partial charge in [-0.1, -0.05) is 30.3 Å². The molecule has 0 atom stereocenters. The highest BCUT2D eigenvalue weighted by Crippen LogP contribution is 2.32. The number of benzene rings is 2. The van der Waals surface area contributed by atoms with E-state index < -0.39 is 0 Å². The van der Waals surface area contributed by atoms with Gasteiger partial charge in [0, 0.05) is 43.9 Å². The van der Waals surface area contributed by atoms with Crippen molar-refractivity contribution in [1.82, 2.24) is 4.57 Å². The number of nitrogens with one attached hydrogen (secondary N) is 1. The number of aryl methyl sites for hydroxylation is 1. The third kappa shape index (κ3) is 4.43. The lowest BCUT2D eigenvalue weighted by Crippen LogP contribution is -1.98. The molecule has 0 aliphatic heterocycles. The maximum Gasteiger partial charge on any atom is 0.119 e. The molecule has 0 bridgehead atoms. The number of hydrogen-bond acceptors (Lipinski definition) is 3. The highest BCUT2D eigenvalue weighted by molar-refractivity contribution is 5.80. The molecular formula is C21H24N2O2. The summed E-state index contributed by atoms with van der Waals surface area (Å²) in [6.07, 6.45) is 5.33. The smallest absolute Gasteiger partial charge is 0.119 e. The van der Waals surface area contributed by atoms with Crippen LogP contribution in [0.4, 0.5) is 11.4 Å². The van der Waals surface area contributed by atoms with Crippen molar-refractivity contribution < 1.29 is 9.47 Å². The summed E-state index contributed by atoms with van der Waals surface area (Å²) >= 11 is 0. The third-order valence-electron chi connectivity index (χ3n) is 4.10. The van der Waals surface area contributed by atoms with Crippen LogP contribution in [0.3, 0.4) is 0 Å². The molecule has 4 nitrogen and oxygen atoms in total. The van der Waals surface area contributed by atoms with E-state index in [1.54, 1.807) is 14.2 Å². The fourth-order valence-electron chi connectivity index (χ4n) is 2.81. The Hall–Kier alpha value is -2.72. The number of methoxy groups -OCH3 is 2. The van der Waals surface area contributed by atoms with Crippen molar-refractivity contribution in [2.75, 3.05) is 26.1 Å². The second kappa shape index (κ2) is 8.40. The van der Waals surface area contributed by atoms with Gasteiger partial charge in [-0.15, -0.1) is 0 Å². The zero-order valence-corrected chi connectivity index (χ0v) is 14.7. The van der Waals surface area contributed by atoms with Gasteiger partial charge in [-0.25, -0.2) is 0 Å². The van der Waals surface area contributed by atoms with Crippen LogP contribution in [-0.2, 0) is 11.3 Å². The SMILES string of the molecule is COCCCn1cc(Nc2ccc(OC)cc2)c(-c2ccccc2)c1. The van der Waals surface area contributed by atoms with E-state index in [1.165, 1.54) is 11.1 Å². The standard InChI is InChI=1S/C21H24N2O2/c1-24-14-6-13-23-15-20(17-7-4-3-5-8-17)21(16-23)22-18-9-11-19(25-2)12-10-18/h3-5,7-12,15-16,22H,6,13-14H2,1-2H3. The minimum atomic E-state index is 0.764. The molecule has 0 radical (unpaired) electrons. The highest BCUT2D eigenvalue weighted by atomic mass is 16.5. The first kappa shape index (κ1) is 17.1. The first-order chi connectivity index (χ1) is 12.3. The van der Waals surface area contributed by atoms with Crippen LogP contribution < -0.4 is 10.1 Å². The van der Waals surface area contributed by atoms with Crippen molar-refractivity contribution in [2.24, 2.45) is 0 Å². The molecular weight excluding hydrogens is 312 g/mol. The molecule has 1 aromatic heterocycles. The Labute approximate surface area is 149 Å². The van der Waals surface area contributed by atoms with Crippen LogP contribution in [0.15, 0.2) is 67.0 Å². The number of hydrogen-bond donors (Lipinski definition) is 1. The Morgan fingerprint density at radius 1 is 0.920 bits per heavy atom. The second-order valence-corrected chi connectivity index (χ2v) is 5.89. The maximum atomic E-state index is 5.23. The van der Waals surface area contributed by atoms with Gasteiger partial charge in [-0.3, -0.25) is 0 Å². The summed E-state index contributed by atoms with van der Waals surface area (Å²) in [6.45, 7) is 1.69. The van der Waals surface area contributed by atoms with Gasteiger partial charge in [0.15, 0.2) is 0 Å². The van der Waals surface area contributed by atoms with Crippen molar-refractivity contribution in [2.45, 2.75) is 13.0 Å². The van der Waals surface area contributed by atoms with Gasteiger partial charge < -0.3 is 19.4 Å². The second-order valence-electron chi connectivity index (χ2n) is 5.89. The topological polar surface area (TPSA) is 35.4 Å². The lowest BCUT2D eigenvalue weighted by molar-refractivity contribution is 0.190. The molecule has 2 aromatic carbocycles. The van der Waals surface area contributed by atoms with Gasteiger partial charge >= 0.3 is 0 Å². The summed E-state index contributed by atoms with van der Waals surface area (Å²) in [5.74, 6) is 0.853. The Kier molecular flexibility index (Phi) is 5.75. The number of anilines is 2. The van der Waals surface area contributed by atoms with E-state index in [1.807, 2.05) is 30.3 Å². The average Bonchev–Trinajstić information content (AvgIpc) is 3.06. The minimum Gasteiger partial charge on any atom is -0.497 e. The zero-order chi connectivity index (χ0) is 17.5. The Morgan fingerprint density at radius 2 is 1.68 bits per heavy atom. The quantitative estimate of drug-likeness (QED) is 0.592. The molecule has 0 saturated carbocycles. The Balaban J connectivity index is 1.86. The summed E-state index contributed by atoms with van der Waals surface area (Å²) in [5, 5.41) is 3.53. The molecule has 3 rings (SSSR count). The van der Waals surface area contributed by atoms with Crippen molar-refractivity contribution in [3.8, 4) is 16.9 Å². The molecule has 3 aromatic rings. The molecule has 0 aliphatic rings. The number of nitrogens with zero attached hydrogens (tertiary/aromatic N) is 1. The summed E-state index contributed by atoms with van der Waals surface area (Å²) in [4.78, 5) is 0. The molecule has 0 fully saturated rings. The van der Waals surface area contributed by atoms with Crippen molar-refractivity contribution in [1.29, 1.82) is 0 Å². The minimum absolute atomic E-state index is 0.764. The van der Waals surface area contributed by atoms with E-state index in [2.05, 4.69) is 46.5 Å². The molecule has 0 saturated heterocycles. The summed E-state index contributed by atoms with van der Waals surface area (Å²) in [7, 11) is 3.41. The van der Waals surface area contributed by atoms with Crippen LogP contribution in [-0.4, -0.2) is 25.4 Å². The summed E-state index contributed by atoms with van der Waals surface area (Å²) in [5.41, 5.74) is 4.51. The van der Waals surface area contributed by atoms with E-state index >= 15 is 0 Å². The predicted octanol–water partition coefficient (Wildman–Crippen LogP) is 4.94. The fraction of sp³-hybridized carbons (Fsp3) is 0.238. The van der Waals surface area contributed by atoms with Crippen LogP contribution in [0.5, 0.6) is 5.75 Å². The molecule has 0 unspecified atom stereocenters. The molecule has 25 heavy (non-hydrogen) atoms. The van der Waals surface area contributed by atoms with Gasteiger partial charge in [0.25, 0.3) is 0 Å². The molecule has 0 amide bonds. The van der Waals surface area contributed by atoms with Gasteiger partial charge in [0.1, 0.15) is 5.75 Å². The van der Waals surface area contributed by atoms with Gasteiger partial charge in [-0.05, 0) is 36.2 Å². The highest BCUT2D eigenvalue weighted by Gasteiger charge is 2.09. The third-order valence-corrected chi connectivity index (χ3v) is 4.10. The van der Waals surface area contributed by atoms with Crippen molar-refractivity contribution >= 4 is 11.4 Å². The van der Waals surface area contributed by atoms with Crippen LogP contribution in [0.1, 0.15) is 6.42 Å². The number of rotatable bonds is 8. The van der Waals surface area contributed by atoms with Crippen molar-refractivity contribution in [3.63, 3.8) is 0 Å². The summed E-state index contributed by atoms with van der Waals surface area (Å²) < 4.78 is 12.6. The van der Waals surface area contributed by atoms with Crippen LogP contribution >= 0.6 is 0 Å². The predicted molar refractivity (Wildman–Crippen MR) is 103 cm³/mol. The Morgan fingerprint density at radius 3 is 2.36 bits per heavy atom. The Bertz CT molecular complexity index is 779. The van der Waals surface area contributed by atoms with Crippen LogP contribution in [0.2, 0.25) is 0 Å². The molecule has 0 spiro atoms. The first-order valence-corrected chi connectivity index (χ1v) is 8.45. The normalized spacial score (nSPS) is 10.6. The van der Waals surface area contributed by atoms with Crippen LogP contribution in [0.25, 0.3) is 11.1 Å². The van der Waals surface area contributed by atoms with Gasteiger partial charge in [-0.2, -0.15) is 0 Å². The summed E-state index contributed by atoms with van der Waals surface area (Å²) in [6, 6.07) is 18.4. The molecule has 1 N–H and O–H groups in total. The monoisotopic (exact) mass is 336 g/mol. The maximum absolute atomic E-state index is 5.23. The van der Waals surface area contributed by atoms with Crippen molar-refractivity contribution in [3.05, 3.63) is 67.0 Å². The average molecular weight is 336 g/mol. The van der Waals surface area contributed by atoms with E-state index in [0.717, 1.165) is 36.7 Å². The fourth-order valence-corrected chi connectivity index (χ4v) is 2.81. The largest absolute Gasteiger partial charge is 0.497 e. The lowest BCUT2D eigenvalue weighted by atomic mass is 10.1. The van der Waals surface area contributed by atoms with Crippen LogP contribution in [0, 0.1) is 0 Å². The molecule has 130 valence electrons. The first-order valence-electron chi connectivity index (χ1n) is 8.45.